The Morgan fingerprint density at radius 1 is 0.567 bits per heavy atom. The zero-order chi connectivity index (χ0) is 69.6. The lowest BCUT2D eigenvalue weighted by molar-refractivity contribution is -0.159. The van der Waals surface area contributed by atoms with Gasteiger partial charge in [-0.15, -0.1) is 20.4 Å². The summed E-state index contributed by atoms with van der Waals surface area (Å²) in [4.78, 5) is 96.5. The summed E-state index contributed by atoms with van der Waals surface area (Å²) >= 11 is 6.87. The van der Waals surface area contributed by atoms with Crippen molar-refractivity contribution in [2.24, 2.45) is 19.8 Å². The number of anilines is 3. The molecule has 14 rings (SSSR count). The number of halogens is 2. The van der Waals surface area contributed by atoms with Crippen LogP contribution in [0.1, 0.15) is 97.8 Å². The third-order valence-corrected chi connectivity index (χ3v) is 18.4. The molecule has 4 saturated heterocycles. The zero-order valence-corrected chi connectivity index (χ0v) is 58.4. The van der Waals surface area contributed by atoms with Gasteiger partial charge in [0, 0.05) is 64.6 Å². The van der Waals surface area contributed by atoms with Gasteiger partial charge in [-0.25, -0.2) is 14.4 Å². The second kappa shape index (κ2) is 30.1. The van der Waals surface area contributed by atoms with Gasteiger partial charge < -0.3 is 44.6 Å². The molecule has 11 heterocycles. The number of cyclic esters (lactones) is 3. The molecule has 5 amide bonds. The lowest BCUT2D eigenvalue weighted by atomic mass is 9.80. The molecule has 510 valence electrons. The first-order valence-corrected chi connectivity index (χ1v) is 33.3. The topological polar surface area (TPSA) is 348 Å². The van der Waals surface area contributed by atoms with Crippen molar-refractivity contribution in [3.8, 4) is 34.2 Å². The van der Waals surface area contributed by atoms with Crippen molar-refractivity contribution in [3.05, 3.63) is 117 Å². The Morgan fingerprint density at radius 3 is 1.37 bits per heavy atom. The van der Waals surface area contributed by atoms with Crippen molar-refractivity contribution in [2.45, 2.75) is 148 Å². The number of nitrogens with two attached hydrogens (primary N) is 1. The molecule has 4 fully saturated rings. The Bertz CT molecular complexity index is 4050. The van der Waals surface area contributed by atoms with E-state index in [1.165, 1.54) is 15.2 Å². The highest BCUT2D eigenvalue weighted by Crippen LogP contribution is 2.43. The first kappa shape index (κ1) is 70.7. The van der Waals surface area contributed by atoms with E-state index < -0.39 is 19.1 Å². The fourth-order valence-electron chi connectivity index (χ4n) is 11.6. The molecular formula is C65H75BBr2N16O13. The van der Waals surface area contributed by atoms with Crippen molar-refractivity contribution in [3.63, 3.8) is 0 Å². The normalized spacial score (nSPS) is 20.4. The van der Waals surface area contributed by atoms with Gasteiger partial charge in [0.15, 0.2) is 0 Å². The molecule has 0 spiro atoms. The fourth-order valence-corrected chi connectivity index (χ4v) is 12.4. The molecule has 97 heavy (non-hydrogen) atoms. The summed E-state index contributed by atoms with van der Waals surface area (Å²) in [7, 11) is 3.01. The molecule has 7 aliphatic rings. The number of nitrogens with zero attached hydrogens (tertiary/aromatic N) is 13. The first-order valence-electron chi connectivity index (χ1n) is 31.8. The molecule has 3 aromatic carbocycles. The molecule has 6 atom stereocenters. The van der Waals surface area contributed by atoms with Crippen LogP contribution < -0.4 is 36.5 Å². The smallest absolute Gasteiger partial charge is 0.442 e. The van der Waals surface area contributed by atoms with Gasteiger partial charge in [0.1, 0.15) is 29.7 Å². The molecule has 7 aliphatic heterocycles. The van der Waals surface area contributed by atoms with Crippen LogP contribution in [0.2, 0.25) is 0 Å². The van der Waals surface area contributed by atoms with Gasteiger partial charge >= 0.3 is 37.3 Å². The molecular weight excluding hydrogens is 1380 g/mol. The predicted octanol–water partition coefficient (Wildman–Crippen LogP) is 7.05. The minimum Gasteiger partial charge on any atom is -0.442 e. The molecule has 0 radical (unpaired) electrons. The maximum absolute atomic E-state index is 12.4. The zero-order valence-electron chi connectivity index (χ0n) is 55.2. The van der Waals surface area contributed by atoms with E-state index in [-0.39, 0.29) is 90.6 Å². The van der Waals surface area contributed by atoms with Crippen LogP contribution in [-0.4, -0.2) is 167 Å². The molecule has 29 nitrogen and oxygen atoms in total. The van der Waals surface area contributed by atoms with Crippen molar-refractivity contribution in [1.29, 1.82) is 0 Å². The van der Waals surface area contributed by atoms with Gasteiger partial charge in [-0.2, -0.15) is 9.59 Å². The molecule has 32 heteroatoms. The van der Waals surface area contributed by atoms with E-state index in [0.29, 0.717) is 61.9 Å². The average molecular weight is 1460 g/mol. The maximum Gasteiger partial charge on any atom is 0.496 e. The summed E-state index contributed by atoms with van der Waals surface area (Å²) < 4.78 is 34.4. The Balaban J connectivity index is 0.000000138. The average Bonchev–Trinajstić information content (AvgIpc) is 1.61. The Hall–Kier alpha value is -9.11. The van der Waals surface area contributed by atoms with Crippen molar-refractivity contribution in [2.75, 3.05) is 34.3 Å². The standard InChI is InChI=1S/C21H21N7O3.C14H15BrN2O3.C13H18BN5O2.C11H11BrN2O2.C6H10O3/c1-3-19(29)23-11-18-17-9-14-8-12(5-7-16(14)28(17)21(30)31-18)13-4-6-15(22-10-13)20-24-26-27(2)25-20;1-2-13(18)16-7-12-11-6-8-5-9(15)3-4-10(8)17(11)14(19)20-12;1-12(2)13(3,4)21-14(20-12)9-6-7-10(15-8-9)11-16-18-19(5)17-11;12-7-1-2-8-6(3-7)4-9-10(5-13)16-11(15)14(8)9;1-3-5(7)9-6(8)4-2/h4-8,10,17-18H,3,9,11H2,1-2H3,(H,23,29);3-5,11-12H,2,6-7H2,1H3,(H,16,18);6-8H,1-5H3;1-3,9-10H,4-5,13H2;3-4H2,1-2H3/t17-,18-;11-,12-;;9-,10-;/m00.0./s1. The first-order chi connectivity index (χ1) is 46.3. The number of amides is 5. The highest BCUT2D eigenvalue weighted by atomic mass is 79.9. The number of aryl methyl sites for hydroxylation is 2. The Kier molecular flexibility index (Phi) is 21.9. The fraction of sp³-hybridized carbons (Fsp3) is 0.431. The van der Waals surface area contributed by atoms with Crippen LogP contribution in [0, 0.1) is 0 Å². The number of carbonyl (C=O) groups excluding carboxylic acids is 7. The lowest BCUT2D eigenvalue weighted by Gasteiger charge is -2.32. The molecule has 0 unspecified atom stereocenters. The number of rotatable bonds is 13. The summed E-state index contributed by atoms with van der Waals surface area (Å²) in [6, 6.07) is 25.3. The lowest BCUT2D eigenvalue weighted by Crippen LogP contribution is -2.41. The minimum absolute atomic E-state index is 0.0241. The quantitative estimate of drug-likeness (QED) is 0.0450. The maximum atomic E-state index is 12.4. The van der Waals surface area contributed by atoms with E-state index in [2.05, 4.69) is 100 Å². The van der Waals surface area contributed by atoms with Crippen LogP contribution in [-0.2, 0) is 80.8 Å². The van der Waals surface area contributed by atoms with E-state index >= 15 is 0 Å². The largest absolute Gasteiger partial charge is 0.496 e. The Labute approximate surface area is 576 Å². The van der Waals surface area contributed by atoms with Crippen molar-refractivity contribution >= 4 is 104 Å². The minimum atomic E-state index is -0.457. The number of carbonyl (C=O) groups is 7. The van der Waals surface area contributed by atoms with E-state index in [9.17, 15) is 33.6 Å². The summed E-state index contributed by atoms with van der Waals surface area (Å²) in [6.07, 6.45) is 5.31. The second-order valence-electron chi connectivity index (χ2n) is 24.4. The van der Waals surface area contributed by atoms with Gasteiger partial charge in [0.05, 0.1) is 73.6 Å². The van der Waals surface area contributed by atoms with E-state index in [1.807, 2.05) is 94.4 Å². The number of esters is 2. The number of ether oxygens (including phenoxy) is 4. The summed E-state index contributed by atoms with van der Waals surface area (Å²) in [6.45, 7) is 16.0. The number of aromatic nitrogens is 10. The van der Waals surface area contributed by atoms with Gasteiger partial charge in [0.2, 0.25) is 23.5 Å². The van der Waals surface area contributed by atoms with Crippen LogP contribution >= 0.6 is 31.9 Å². The number of hydrogen-bond donors (Lipinski definition) is 3. The van der Waals surface area contributed by atoms with Crippen LogP contribution in [0.4, 0.5) is 31.4 Å². The predicted molar refractivity (Wildman–Crippen MR) is 362 cm³/mol. The number of pyridine rings is 2. The third-order valence-electron chi connectivity index (χ3n) is 17.4. The number of hydrogen-bond acceptors (Lipinski definition) is 22. The number of nitrogens with one attached hydrogen (secondary N) is 2. The van der Waals surface area contributed by atoms with Crippen molar-refractivity contribution < 1.29 is 61.8 Å². The van der Waals surface area contributed by atoms with E-state index in [0.717, 1.165) is 66.6 Å². The number of tetrazole rings is 2. The molecule has 4 N–H and O–H groups in total. The Morgan fingerprint density at radius 2 is 0.979 bits per heavy atom. The van der Waals surface area contributed by atoms with Crippen molar-refractivity contribution in [1.82, 2.24) is 61.0 Å². The monoisotopic (exact) mass is 1460 g/mol. The van der Waals surface area contributed by atoms with E-state index in [1.54, 1.807) is 68.9 Å². The highest BCUT2D eigenvalue weighted by molar-refractivity contribution is 9.10. The molecule has 0 bridgehead atoms. The van der Waals surface area contributed by atoms with Gasteiger partial charge in [-0.1, -0.05) is 77.8 Å². The summed E-state index contributed by atoms with van der Waals surface area (Å²) in [5.74, 6) is -0.0253. The SMILES string of the molecule is CCC(=O)NC[C@@H]1OC(=O)N2c3ccc(-c4ccc(-c5nnn(C)n5)nc4)cc3C[C@@H]12.CCC(=O)NC[C@@H]1OC(=O)N2c3ccc(Br)cc3C[C@@H]12.CCC(=O)OC(=O)CC.Cn1nnc(-c2ccc(B3OC(C)(C)C(C)(C)O3)cn2)n1.NC[C@@H]1OC(=O)N2c3ccc(Br)cc3C[C@@H]12. The number of fused-ring (bicyclic) bond motifs is 9. The van der Waals surface area contributed by atoms with E-state index in [4.69, 9.17) is 29.3 Å². The molecule has 0 saturated carbocycles. The number of benzene rings is 3. The summed E-state index contributed by atoms with van der Waals surface area (Å²) in [5, 5.41) is 29.4. The molecule has 0 aliphatic carbocycles. The molecule has 7 aromatic rings. The van der Waals surface area contributed by atoms with Crippen LogP contribution in [0.3, 0.4) is 0 Å². The van der Waals surface area contributed by atoms with Gasteiger partial charge in [-0.05, 0) is 140 Å². The van der Waals surface area contributed by atoms with Crippen LogP contribution in [0.15, 0.2) is 100 Å². The third kappa shape index (κ3) is 15.8. The van der Waals surface area contributed by atoms with Crippen LogP contribution in [0.25, 0.3) is 34.2 Å². The van der Waals surface area contributed by atoms with Crippen LogP contribution in [0.5, 0.6) is 0 Å². The highest BCUT2D eigenvalue weighted by Gasteiger charge is 2.53. The second-order valence-corrected chi connectivity index (χ2v) is 26.2. The van der Waals surface area contributed by atoms with Gasteiger partial charge in [-0.3, -0.25) is 43.8 Å². The van der Waals surface area contributed by atoms with Gasteiger partial charge in [0.25, 0.3) is 0 Å². The summed E-state index contributed by atoms with van der Waals surface area (Å²) in [5.41, 5.74) is 15.2. The molecule has 4 aromatic heterocycles.